The zero-order valence-electron chi connectivity index (χ0n) is 11.3. The molecule has 1 rings (SSSR count). The number of esters is 1. The monoisotopic (exact) mass is 325 g/mol. The van der Waals surface area contributed by atoms with Crippen molar-refractivity contribution in [3.63, 3.8) is 0 Å². The molecule has 0 aliphatic rings. The number of nitrogens with one attached hydrogen (secondary N) is 1. The van der Waals surface area contributed by atoms with E-state index in [4.69, 9.17) is 0 Å². The molecule has 0 atom stereocenters. The zero-order valence-corrected chi connectivity index (χ0v) is 12.1. The summed E-state index contributed by atoms with van der Waals surface area (Å²) in [5.41, 5.74) is -1.81. The summed E-state index contributed by atoms with van der Waals surface area (Å²) in [5, 5.41) is 0. The topological polar surface area (TPSA) is 72.5 Å². The van der Waals surface area contributed by atoms with Gasteiger partial charge < -0.3 is 4.74 Å². The van der Waals surface area contributed by atoms with Gasteiger partial charge in [0.25, 0.3) is 0 Å². The highest BCUT2D eigenvalue weighted by Crippen LogP contribution is 2.32. The summed E-state index contributed by atoms with van der Waals surface area (Å²) in [5.74, 6) is -1.21. The van der Waals surface area contributed by atoms with Crippen molar-refractivity contribution in [1.82, 2.24) is 0 Å². The second-order valence-corrected chi connectivity index (χ2v) is 6.01. The van der Waals surface area contributed by atoms with Crippen molar-refractivity contribution in [2.24, 2.45) is 0 Å². The Morgan fingerprint density at radius 1 is 1.33 bits per heavy atom. The van der Waals surface area contributed by atoms with Crippen LogP contribution in [0.2, 0.25) is 0 Å². The van der Waals surface area contributed by atoms with Crippen LogP contribution in [0, 0.1) is 0 Å². The lowest BCUT2D eigenvalue weighted by Gasteiger charge is -2.14. The fourth-order valence-electron chi connectivity index (χ4n) is 1.58. The molecule has 5 nitrogen and oxygen atoms in total. The molecule has 118 valence electrons. The molecular formula is C12H14F3NO4S. The molecule has 21 heavy (non-hydrogen) atoms. The van der Waals surface area contributed by atoms with Gasteiger partial charge in [0.15, 0.2) is 0 Å². The van der Waals surface area contributed by atoms with Gasteiger partial charge in [-0.25, -0.2) is 13.2 Å². The molecule has 0 fully saturated rings. The first-order valence-electron chi connectivity index (χ1n) is 5.90. The third-order valence-electron chi connectivity index (χ3n) is 2.49. The first-order chi connectivity index (χ1) is 9.60. The van der Waals surface area contributed by atoms with E-state index in [1.807, 2.05) is 4.72 Å². The second kappa shape index (κ2) is 6.33. The number of alkyl halides is 3. The van der Waals surface area contributed by atoms with Crippen LogP contribution >= 0.6 is 0 Å². The molecule has 0 saturated carbocycles. The summed E-state index contributed by atoms with van der Waals surface area (Å²) < 4.78 is 67.8. The number of hydrogen-bond donors (Lipinski definition) is 1. The summed E-state index contributed by atoms with van der Waals surface area (Å²) in [6, 6.07) is 2.13. The summed E-state index contributed by atoms with van der Waals surface area (Å²) in [4.78, 5) is 11.5. The molecule has 1 aromatic rings. The van der Waals surface area contributed by atoms with Gasteiger partial charge in [0, 0.05) is 0 Å². The fourth-order valence-corrected chi connectivity index (χ4v) is 2.72. The minimum atomic E-state index is -4.65. The van der Waals surface area contributed by atoms with Gasteiger partial charge in [0.2, 0.25) is 10.0 Å². The highest BCUT2D eigenvalue weighted by Gasteiger charge is 2.32. The lowest BCUT2D eigenvalue weighted by molar-refractivity contribution is -0.137. The van der Waals surface area contributed by atoms with Gasteiger partial charge in [-0.1, -0.05) is 6.92 Å². The summed E-state index contributed by atoms with van der Waals surface area (Å²) >= 11 is 0. The fraction of sp³-hybridized carbons (Fsp3) is 0.417. The zero-order chi connectivity index (χ0) is 16.3. The standard InChI is InChI=1S/C12H14F3NO4S/c1-3-6-21(18,19)16-10-7-8(12(13,14)15)4-5-9(10)11(17)20-2/h4-5,7,16H,3,6H2,1-2H3. The van der Waals surface area contributed by atoms with Crippen molar-refractivity contribution in [2.45, 2.75) is 19.5 Å². The van der Waals surface area contributed by atoms with Crippen LogP contribution in [0.15, 0.2) is 18.2 Å². The highest BCUT2D eigenvalue weighted by atomic mass is 32.2. The van der Waals surface area contributed by atoms with E-state index in [-0.39, 0.29) is 17.7 Å². The third kappa shape index (κ3) is 4.62. The van der Waals surface area contributed by atoms with Crippen molar-refractivity contribution in [2.75, 3.05) is 17.6 Å². The van der Waals surface area contributed by atoms with Gasteiger partial charge in [0.05, 0.1) is 29.7 Å². The molecule has 0 aliphatic carbocycles. The molecule has 0 aromatic heterocycles. The van der Waals surface area contributed by atoms with Crippen molar-refractivity contribution >= 4 is 21.7 Å². The smallest absolute Gasteiger partial charge is 0.416 e. The van der Waals surface area contributed by atoms with Gasteiger partial charge in [-0.2, -0.15) is 13.2 Å². The lowest BCUT2D eigenvalue weighted by Crippen LogP contribution is -2.19. The molecule has 0 aliphatic heterocycles. The highest BCUT2D eigenvalue weighted by molar-refractivity contribution is 7.92. The van der Waals surface area contributed by atoms with E-state index < -0.39 is 33.4 Å². The first kappa shape index (κ1) is 17.3. The van der Waals surface area contributed by atoms with Gasteiger partial charge in [-0.3, -0.25) is 4.72 Å². The molecule has 1 N–H and O–H groups in total. The van der Waals surface area contributed by atoms with Crippen LogP contribution in [0.5, 0.6) is 0 Å². The van der Waals surface area contributed by atoms with Crippen LogP contribution in [0.1, 0.15) is 29.3 Å². The quantitative estimate of drug-likeness (QED) is 0.845. The SMILES string of the molecule is CCCS(=O)(=O)Nc1cc(C(F)(F)F)ccc1C(=O)OC. The van der Waals surface area contributed by atoms with Crippen LogP contribution in [0.4, 0.5) is 18.9 Å². The molecule has 0 amide bonds. The Kier molecular flexibility index (Phi) is 5.21. The van der Waals surface area contributed by atoms with Crippen LogP contribution < -0.4 is 4.72 Å². The Morgan fingerprint density at radius 2 is 1.95 bits per heavy atom. The van der Waals surface area contributed by atoms with Gasteiger partial charge in [0.1, 0.15) is 0 Å². The molecular weight excluding hydrogens is 311 g/mol. The minimum absolute atomic E-state index is 0.274. The summed E-state index contributed by atoms with van der Waals surface area (Å²) in [6.45, 7) is 1.60. The van der Waals surface area contributed by atoms with Crippen molar-refractivity contribution < 1.29 is 31.1 Å². The molecule has 0 heterocycles. The van der Waals surface area contributed by atoms with E-state index in [1.54, 1.807) is 6.92 Å². The van der Waals surface area contributed by atoms with E-state index in [0.717, 1.165) is 13.2 Å². The Balaban J connectivity index is 3.33. The predicted molar refractivity (Wildman–Crippen MR) is 70.5 cm³/mol. The number of rotatable bonds is 5. The van der Waals surface area contributed by atoms with E-state index in [2.05, 4.69) is 4.74 Å². The average Bonchev–Trinajstić information content (AvgIpc) is 2.36. The number of sulfonamides is 1. The number of ether oxygens (including phenoxy) is 1. The van der Waals surface area contributed by atoms with E-state index >= 15 is 0 Å². The summed E-state index contributed by atoms with van der Waals surface area (Å²) in [7, 11) is -2.79. The van der Waals surface area contributed by atoms with E-state index in [1.165, 1.54) is 0 Å². The molecule has 9 heteroatoms. The van der Waals surface area contributed by atoms with Crippen LogP contribution in [-0.4, -0.2) is 27.2 Å². The van der Waals surface area contributed by atoms with E-state index in [0.29, 0.717) is 12.1 Å². The van der Waals surface area contributed by atoms with Gasteiger partial charge in [-0.05, 0) is 24.6 Å². The van der Waals surface area contributed by atoms with Crippen LogP contribution in [0.3, 0.4) is 0 Å². The Labute approximate surface area is 120 Å². The molecule has 0 spiro atoms. The third-order valence-corrected chi connectivity index (χ3v) is 3.97. The first-order valence-corrected chi connectivity index (χ1v) is 7.56. The van der Waals surface area contributed by atoms with Crippen LogP contribution in [-0.2, 0) is 20.9 Å². The Bertz CT molecular complexity index is 626. The van der Waals surface area contributed by atoms with Gasteiger partial charge in [-0.15, -0.1) is 0 Å². The number of methoxy groups -OCH3 is 1. The molecule has 0 radical (unpaired) electrons. The van der Waals surface area contributed by atoms with Crippen LogP contribution in [0.25, 0.3) is 0 Å². The number of halogens is 3. The average molecular weight is 325 g/mol. The largest absolute Gasteiger partial charge is 0.465 e. The Morgan fingerprint density at radius 3 is 2.43 bits per heavy atom. The molecule has 0 saturated heterocycles. The Hall–Kier alpha value is -1.77. The number of carbonyl (C=O) groups excluding carboxylic acids is 1. The van der Waals surface area contributed by atoms with Crippen molar-refractivity contribution in [3.05, 3.63) is 29.3 Å². The predicted octanol–water partition coefficient (Wildman–Crippen LogP) is 2.64. The number of carbonyl (C=O) groups is 1. The van der Waals surface area contributed by atoms with Crippen molar-refractivity contribution in [1.29, 1.82) is 0 Å². The maximum atomic E-state index is 12.7. The number of anilines is 1. The normalized spacial score (nSPS) is 12.0. The molecule has 0 bridgehead atoms. The second-order valence-electron chi connectivity index (χ2n) is 4.17. The maximum absolute atomic E-state index is 12.7. The lowest BCUT2D eigenvalue weighted by atomic mass is 10.1. The molecule has 1 aromatic carbocycles. The summed E-state index contributed by atoms with van der Waals surface area (Å²) in [6.07, 6.45) is -4.37. The minimum Gasteiger partial charge on any atom is -0.465 e. The van der Waals surface area contributed by atoms with E-state index in [9.17, 15) is 26.4 Å². The number of benzene rings is 1. The van der Waals surface area contributed by atoms with Gasteiger partial charge >= 0.3 is 12.1 Å². The molecule has 0 unspecified atom stereocenters. The maximum Gasteiger partial charge on any atom is 0.416 e. The van der Waals surface area contributed by atoms with Crippen molar-refractivity contribution in [3.8, 4) is 0 Å². The number of hydrogen-bond acceptors (Lipinski definition) is 4.